The molecule has 156 valence electrons. The van der Waals surface area contributed by atoms with Crippen molar-refractivity contribution in [3.05, 3.63) is 70.6 Å². The van der Waals surface area contributed by atoms with Gasteiger partial charge in [0.05, 0.1) is 38.0 Å². The van der Waals surface area contributed by atoms with E-state index in [0.29, 0.717) is 10.8 Å². The molecule has 2 N–H and O–H groups in total. The maximum absolute atomic E-state index is 12.6. The van der Waals surface area contributed by atoms with Crippen molar-refractivity contribution in [3.63, 3.8) is 0 Å². The zero-order valence-electron chi connectivity index (χ0n) is 16.5. The van der Waals surface area contributed by atoms with E-state index in [9.17, 15) is 14.4 Å². The third-order valence-corrected chi connectivity index (χ3v) is 5.08. The molecule has 0 aliphatic carbocycles. The van der Waals surface area contributed by atoms with Crippen molar-refractivity contribution < 1.29 is 23.5 Å². The van der Waals surface area contributed by atoms with Gasteiger partial charge in [-0.05, 0) is 24.6 Å². The summed E-state index contributed by atoms with van der Waals surface area (Å²) in [5.74, 6) is -0.952. The number of carbonyl (C=O) groups is 3. The van der Waals surface area contributed by atoms with Crippen LogP contribution in [0.1, 0.15) is 39.8 Å². The molecule has 0 aliphatic rings. The molecule has 2 amide bonds. The lowest BCUT2D eigenvalue weighted by atomic mass is 10.0. The van der Waals surface area contributed by atoms with Gasteiger partial charge in [-0.15, -0.1) is 11.3 Å². The Kier molecular flexibility index (Phi) is 6.97. The van der Waals surface area contributed by atoms with Gasteiger partial charge in [-0.25, -0.2) is 4.98 Å². The average Bonchev–Trinajstić information content (AvgIpc) is 3.40. The number of anilines is 1. The zero-order valence-corrected chi connectivity index (χ0v) is 17.3. The van der Waals surface area contributed by atoms with E-state index >= 15 is 0 Å². The Bertz CT molecular complexity index is 1010. The Morgan fingerprint density at radius 2 is 1.97 bits per heavy atom. The summed E-state index contributed by atoms with van der Waals surface area (Å²) in [5, 5.41) is 7.54. The Morgan fingerprint density at radius 1 is 1.20 bits per heavy atom. The smallest absolute Gasteiger partial charge is 0.307 e. The van der Waals surface area contributed by atoms with Gasteiger partial charge in [0.25, 0.3) is 5.91 Å². The van der Waals surface area contributed by atoms with Crippen LogP contribution in [0.5, 0.6) is 0 Å². The second-order valence-electron chi connectivity index (χ2n) is 6.56. The molecule has 2 aromatic heterocycles. The molecule has 0 saturated heterocycles. The fourth-order valence-corrected chi connectivity index (χ4v) is 3.43. The molecule has 1 atom stereocenters. The summed E-state index contributed by atoms with van der Waals surface area (Å²) in [4.78, 5) is 40.6. The van der Waals surface area contributed by atoms with Crippen molar-refractivity contribution in [1.82, 2.24) is 10.3 Å². The molecule has 30 heavy (non-hydrogen) atoms. The quantitative estimate of drug-likeness (QED) is 0.534. The number of ether oxygens (including phenoxy) is 1. The topological polar surface area (TPSA) is 111 Å². The molecular formula is C21H21N3O5S. The molecule has 1 unspecified atom stereocenters. The van der Waals surface area contributed by atoms with Crippen LogP contribution in [-0.4, -0.2) is 29.9 Å². The highest BCUT2D eigenvalue weighted by Crippen LogP contribution is 2.20. The SMILES string of the molecule is COC(=O)CC(NC(=O)Cc1csc(NC(=O)c2ccco2)n1)c1ccc(C)cc1. The molecular weight excluding hydrogens is 406 g/mol. The number of nitrogens with zero attached hydrogens (tertiary/aromatic N) is 1. The minimum absolute atomic E-state index is 0.0106. The first-order chi connectivity index (χ1) is 14.4. The highest BCUT2D eigenvalue weighted by atomic mass is 32.1. The lowest BCUT2D eigenvalue weighted by Crippen LogP contribution is -2.31. The van der Waals surface area contributed by atoms with E-state index in [1.807, 2.05) is 31.2 Å². The molecule has 0 fully saturated rings. The molecule has 0 radical (unpaired) electrons. The number of furan rings is 1. The van der Waals surface area contributed by atoms with E-state index in [0.717, 1.165) is 11.1 Å². The number of carbonyl (C=O) groups excluding carboxylic acids is 3. The normalized spacial score (nSPS) is 11.5. The number of hydrogen-bond acceptors (Lipinski definition) is 7. The first-order valence-corrected chi connectivity index (χ1v) is 10.0. The van der Waals surface area contributed by atoms with Gasteiger partial charge in [-0.3, -0.25) is 19.7 Å². The number of hydrogen-bond donors (Lipinski definition) is 2. The number of benzene rings is 1. The standard InChI is InChI=1S/C21H21N3O5S/c1-13-5-7-14(8-6-13)16(11-19(26)28-2)23-18(25)10-15-12-30-21(22-15)24-20(27)17-4-3-9-29-17/h3-9,12,16H,10-11H2,1-2H3,(H,23,25)(H,22,24,27). The third-order valence-electron chi connectivity index (χ3n) is 4.27. The van der Waals surface area contributed by atoms with E-state index in [1.165, 1.54) is 24.7 Å². The van der Waals surface area contributed by atoms with Crippen molar-refractivity contribution in [3.8, 4) is 0 Å². The van der Waals surface area contributed by atoms with E-state index in [1.54, 1.807) is 17.5 Å². The number of amides is 2. The third kappa shape index (κ3) is 5.77. The van der Waals surface area contributed by atoms with Gasteiger partial charge < -0.3 is 14.5 Å². The summed E-state index contributed by atoms with van der Waals surface area (Å²) in [5.41, 5.74) is 2.39. The van der Waals surface area contributed by atoms with Gasteiger partial charge in [0.2, 0.25) is 5.91 Å². The summed E-state index contributed by atoms with van der Waals surface area (Å²) >= 11 is 1.21. The average molecular weight is 427 g/mol. The first kappa shape index (κ1) is 21.3. The van der Waals surface area contributed by atoms with Crippen LogP contribution in [0.4, 0.5) is 5.13 Å². The highest BCUT2D eigenvalue weighted by molar-refractivity contribution is 7.14. The van der Waals surface area contributed by atoms with Crippen LogP contribution in [0, 0.1) is 6.92 Å². The molecule has 1 aromatic carbocycles. The largest absolute Gasteiger partial charge is 0.469 e. The predicted octanol–water partition coefficient (Wildman–Crippen LogP) is 3.26. The van der Waals surface area contributed by atoms with Crippen LogP contribution >= 0.6 is 11.3 Å². The highest BCUT2D eigenvalue weighted by Gasteiger charge is 2.20. The van der Waals surface area contributed by atoms with Gasteiger partial charge in [0.15, 0.2) is 10.9 Å². The minimum Gasteiger partial charge on any atom is -0.469 e. The molecule has 8 nitrogen and oxygen atoms in total. The van der Waals surface area contributed by atoms with Gasteiger partial charge in [0, 0.05) is 5.38 Å². The number of aryl methyl sites for hydroxylation is 1. The van der Waals surface area contributed by atoms with Crippen LogP contribution in [0.15, 0.2) is 52.5 Å². The maximum atomic E-state index is 12.6. The van der Waals surface area contributed by atoms with Crippen LogP contribution in [0.2, 0.25) is 0 Å². The Hall–Kier alpha value is -3.46. The molecule has 2 heterocycles. The summed E-state index contributed by atoms with van der Waals surface area (Å²) in [6.07, 6.45) is 1.44. The molecule has 0 spiro atoms. The fourth-order valence-electron chi connectivity index (χ4n) is 2.72. The monoisotopic (exact) mass is 427 g/mol. The minimum atomic E-state index is -0.512. The summed E-state index contributed by atoms with van der Waals surface area (Å²) in [7, 11) is 1.31. The number of methoxy groups -OCH3 is 1. The van der Waals surface area contributed by atoms with Crippen molar-refractivity contribution in [2.75, 3.05) is 12.4 Å². The van der Waals surface area contributed by atoms with Gasteiger partial charge in [0.1, 0.15) is 0 Å². The van der Waals surface area contributed by atoms with Crippen LogP contribution in [-0.2, 0) is 20.7 Å². The van der Waals surface area contributed by atoms with Gasteiger partial charge in [-0.1, -0.05) is 29.8 Å². The van der Waals surface area contributed by atoms with Crippen molar-refractivity contribution >= 4 is 34.3 Å². The number of rotatable bonds is 8. The van der Waals surface area contributed by atoms with E-state index in [2.05, 4.69) is 15.6 Å². The number of aromatic nitrogens is 1. The molecule has 3 rings (SSSR count). The van der Waals surface area contributed by atoms with Crippen molar-refractivity contribution in [2.45, 2.75) is 25.8 Å². The van der Waals surface area contributed by atoms with Crippen LogP contribution in [0.3, 0.4) is 0 Å². The van der Waals surface area contributed by atoms with Crippen molar-refractivity contribution in [1.29, 1.82) is 0 Å². The Labute approximate surface area is 177 Å². The van der Waals surface area contributed by atoms with Gasteiger partial charge >= 0.3 is 5.97 Å². The summed E-state index contributed by atoms with van der Waals surface area (Å²) < 4.78 is 9.78. The van der Waals surface area contributed by atoms with Crippen LogP contribution < -0.4 is 10.6 Å². The lowest BCUT2D eigenvalue weighted by Gasteiger charge is -2.18. The van der Waals surface area contributed by atoms with Crippen molar-refractivity contribution in [2.24, 2.45) is 0 Å². The second-order valence-corrected chi connectivity index (χ2v) is 7.42. The number of esters is 1. The molecule has 3 aromatic rings. The first-order valence-electron chi connectivity index (χ1n) is 9.16. The van der Waals surface area contributed by atoms with E-state index < -0.39 is 17.9 Å². The Balaban J connectivity index is 1.62. The summed E-state index contributed by atoms with van der Waals surface area (Å²) in [6, 6.07) is 10.2. The number of nitrogens with one attached hydrogen (secondary N) is 2. The van der Waals surface area contributed by atoms with Gasteiger partial charge in [-0.2, -0.15) is 0 Å². The fraction of sp³-hybridized carbons (Fsp3) is 0.238. The maximum Gasteiger partial charge on any atom is 0.307 e. The Morgan fingerprint density at radius 3 is 2.63 bits per heavy atom. The second kappa shape index (κ2) is 9.84. The summed E-state index contributed by atoms with van der Waals surface area (Å²) in [6.45, 7) is 1.96. The van der Waals surface area contributed by atoms with Crippen LogP contribution in [0.25, 0.3) is 0 Å². The zero-order chi connectivity index (χ0) is 21.5. The number of thiazole rings is 1. The molecule has 0 bridgehead atoms. The molecule has 0 aliphatic heterocycles. The van der Waals surface area contributed by atoms with E-state index in [4.69, 9.17) is 9.15 Å². The van der Waals surface area contributed by atoms with E-state index in [-0.39, 0.29) is 24.5 Å². The lowest BCUT2D eigenvalue weighted by molar-refractivity contribution is -0.141. The predicted molar refractivity (Wildman–Crippen MR) is 111 cm³/mol. The molecule has 0 saturated carbocycles. The molecule has 9 heteroatoms.